The Labute approximate surface area is 133 Å². The fourth-order valence-electron chi connectivity index (χ4n) is 2.58. The van der Waals surface area contributed by atoms with Gasteiger partial charge in [-0.25, -0.2) is 4.79 Å². The predicted octanol–water partition coefficient (Wildman–Crippen LogP) is 3.97. The van der Waals surface area contributed by atoms with Crippen molar-refractivity contribution in [1.82, 2.24) is 0 Å². The summed E-state index contributed by atoms with van der Waals surface area (Å²) in [7, 11) is 0. The van der Waals surface area contributed by atoms with Crippen molar-refractivity contribution in [1.29, 1.82) is 0 Å². The van der Waals surface area contributed by atoms with Crippen LogP contribution in [0.25, 0.3) is 11.0 Å². The summed E-state index contributed by atoms with van der Waals surface area (Å²) in [5, 5.41) is 3.54. The van der Waals surface area contributed by atoms with E-state index in [0.717, 1.165) is 16.5 Å². The second kappa shape index (κ2) is 5.72. The van der Waals surface area contributed by atoms with Crippen LogP contribution in [0.4, 0.5) is 5.69 Å². The van der Waals surface area contributed by atoms with E-state index in [9.17, 15) is 9.59 Å². The minimum atomic E-state index is -0.623. The highest BCUT2D eigenvalue weighted by molar-refractivity contribution is 6.07. The van der Waals surface area contributed by atoms with Gasteiger partial charge in [0.1, 0.15) is 11.1 Å². The fourth-order valence-corrected chi connectivity index (χ4v) is 2.58. The Morgan fingerprint density at radius 2 is 1.74 bits per heavy atom. The number of carbonyl (C=O) groups excluding carboxylic acids is 1. The van der Waals surface area contributed by atoms with E-state index in [-0.39, 0.29) is 5.56 Å². The number of hydrogen-bond acceptors (Lipinski definition) is 3. The highest BCUT2D eigenvalue weighted by atomic mass is 16.4. The molecule has 116 valence electrons. The molecule has 0 unspecified atom stereocenters. The molecule has 0 spiro atoms. The van der Waals surface area contributed by atoms with Crippen molar-refractivity contribution in [2.45, 2.75) is 20.8 Å². The van der Waals surface area contributed by atoms with Gasteiger partial charge in [0.05, 0.1) is 0 Å². The molecule has 0 atom stereocenters. The zero-order valence-corrected chi connectivity index (χ0v) is 13.3. The Bertz CT molecular complexity index is 970. The number of aryl methyl sites for hydroxylation is 3. The molecule has 1 heterocycles. The summed E-state index contributed by atoms with van der Waals surface area (Å²) >= 11 is 0. The van der Waals surface area contributed by atoms with Gasteiger partial charge in [-0.3, -0.25) is 4.79 Å². The lowest BCUT2D eigenvalue weighted by Crippen LogP contribution is -2.22. The largest absolute Gasteiger partial charge is 0.422 e. The lowest BCUT2D eigenvalue weighted by atomic mass is 10.1. The first-order valence-corrected chi connectivity index (χ1v) is 7.38. The SMILES string of the molecule is Cc1ccc(NC(=O)c2c(C)c3ccccc3oc2=O)cc1C. The number of amides is 1. The molecule has 1 N–H and O–H groups in total. The number of hydrogen-bond donors (Lipinski definition) is 1. The molecule has 0 radical (unpaired) electrons. The number of para-hydroxylation sites is 1. The molecule has 3 rings (SSSR count). The molecule has 4 heteroatoms. The molecular formula is C19H17NO3. The van der Waals surface area contributed by atoms with Gasteiger partial charge in [-0.05, 0) is 55.7 Å². The molecule has 1 amide bonds. The van der Waals surface area contributed by atoms with Crippen LogP contribution in [0.5, 0.6) is 0 Å². The van der Waals surface area contributed by atoms with Crippen LogP contribution in [0.2, 0.25) is 0 Å². The monoisotopic (exact) mass is 307 g/mol. The van der Waals surface area contributed by atoms with Gasteiger partial charge in [-0.15, -0.1) is 0 Å². The number of benzene rings is 2. The van der Waals surface area contributed by atoms with Gasteiger partial charge in [-0.1, -0.05) is 24.3 Å². The normalized spacial score (nSPS) is 10.7. The average Bonchev–Trinajstić information content (AvgIpc) is 2.51. The van der Waals surface area contributed by atoms with E-state index in [1.54, 1.807) is 19.1 Å². The molecule has 0 fully saturated rings. The van der Waals surface area contributed by atoms with Crippen molar-refractivity contribution in [3.05, 3.63) is 75.1 Å². The summed E-state index contributed by atoms with van der Waals surface area (Å²) in [5.41, 5.74) is 3.40. The second-order valence-electron chi connectivity index (χ2n) is 5.64. The summed E-state index contributed by atoms with van der Waals surface area (Å²) in [6.45, 7) is 5.73. The summed E-state index contributed by atoms with van der Waals surface area (Å²) in [4.78, 5) is 24.7. The van der Waals surface area contributed by atoms with Crippen molar-refractivity contribution in [2.75, 3.05) is 5.32 Å². The van der Waals surface area contributed by atoms with Gasteiger partial charge in [0, 0.05) is 11.1 Å². The number of rotatable bonds is 2. The minimum Gasteiger partial charge on any atom is -0.422 e. The molecule has 0 aliphatic carbocycles. The maximum absolute atomic E-state index is 12.5. The molecule has 0 saturated heterocycles. The zero-order chi connectivity index (χ0) is 16.6. The summed E-state index contributed by atoms with van der Waals surface area (Å²) in [6, 6.07) is 12.8. The molecule has 23 heavy (non-hydrogen) atoms. The lowest BCUT2D eigenvalue weighted by molar-refractivity contribution is 0.102. The van der Waals surface area contributed by atoms with E-state index >= 15 is 0 Å². The van der Waals surface area contributed by atoms with E-state index in [0.29, 0.717) is 16.8 Å². The van der Waals surface area contributed by atoms with Crippen molar-refractivity contribution in [3.63, 3.8) is 0 Å². The van der Waals surface area contributed by atoms with Crippen LogP contribution in [0.1, 0.15) is 27.0 Å². The molecule has 0 saturated carbocycles. The molecule has 1 aromatic heterocycles. The molecule has 0 aliphatic heterocycles. The first-order chi connectivity index (χ1) is 11.0. The van der Waals surface area contributed by atoms with Crippen LogP contribution in [-0.4, -0.2) is 5.91 Å². The van der Waals surface area contributed by atoms with Crippen molar-refractivity contribution >= 4 is 22.6 Å². The van der Waals surface area contributed by atoms with E-state index in [1.165, 1.54) is 0 Å². The van der Waals surface area contributed by atoms with E-state index < -0.39 is 11.5 Å². The number of nitrogens with one attached hydrogen (secondary N) is 1. The maximum atomic E-state index is 12.5. The maximum Gasteiger partial charge on any atom is 0.349 e. The van der Waals surface area contributed by atoms with Crippen LogP contribution in [0, 0.1) is 20.8 Å². The summed E-state index contributed by atoms with van der Waals surface area (Å²) in [5.74, 6) is -0.453. The lowest BCUT2D eigenvalue weighted by Gasteiger charge is -2.10. The Morgan fingerprint density at radius 3 is 2.48 bits per heavy atom. The van der Waals surface area contributed by atoms with Gasteiger partial charge < -0.3 is 9.73 Å². The third kappa shape index (κ3) is 2.75. The molecule has 0 bridgehead atoms. The third-order valence-corrected chi connectivity index (χ3v) is 4.06. The molecule has 0 aliphatic rings. The Balaban J connectivity index is 2.04. The van der Waals surface area contributed by atoms with E-state index in [1.807, 2.05) is 44.2 Å². The van der Waals surface area contributed by atoms with Gasteiger partial charge in [-0.2, -0.15) is 0 Å². The fraction of sp³-hybridized carbons (Fsp3) is 0.158. The Morgan fingerprint density at radius 1 is 1.00 bits per heavy atom. The minimum absolute atomic E-state index is 0.0435. The Hall–Kier alpha value is -2.88. The van der Waals surface area contributed by atoms with Gasteiger partial charge in [0.25, 0.3) is 5.91 Å². The summed E-state index contributed by atoms with van der Waals surface area (Å²) < 4.78 is 5.26. The first-order valence-electron chi connectivity index (χ1n) is 7.38. The van der Waals surface area contributed by atoms with Crippen LogP contribution in [0.15, 0.2) is 51.7 Å². The highest BCUT2D eigenvalue weighted by Crippen LogP contribution is 2.20. The Kier molecular flexibility index (Phi) is 3.74. The average molecular weight is 307 g/mol. The number of carbonyl (C=O) groups is 1. The van der Waals surface area contributed by atoms with Gasteiger partial charge >= 0.3 is 5.63 Å². The van der Waals surface area contributed by atoms with Crippen molar-refractivity contribution in [3.8, 4) is 0 Å². The smallest absolute Gasteiger partial charge is 0.349 e. The van der Waals surface area contributed by atoms with Crippen LogP contribution < -0.4 is 10.9 Å². The number of fused-ring (bicyclic) bond motifs is 1. The molecular weight excluding hydrogens is 290 g/mol. The zero-order valence-electron chi connectivity index (χ0n) is 13.3. The van der Waals surface area contributed by atoms with E-state index in [4.69, 9.17) is 4.42 Å². The third-order valence-electron chi connectivity index (χ3n) is 4.06. The quantitative estimate of drug-likeness (QED) is 0.729. The second-order valence-corrected chi connectivity index (χ2v) is 5.64. The van der Waals surface area contributed by atoms with Gasteiger partial charge in [0.15, 0.2) is 0 Å². The van der Waals surface area contributed by atoms with Crippen LogP contribution in [-0.2, 0) is 0 Å². The van der Waals surface area contributed by atoms with Crippen molar-refractivity contribution < 1.29 is 9.21 Å². The predicted molar refractivity (Wildman–Crippen MR) is 91.1 cm³/mol. The van der Waals surface area contributed by atoms with Crippen LogP contribution >= 0.6 is 0 Å². The standard InChI is InChI=1S/C19H17NO3/c1-11-8-9-14(10-12(11)2)20-18(21)17-13(3)15-6-4-5-7-16(15)23-19(17)22/h4-10H,1-3H3,(H,20,21). The molecule has 2 aromatic carbocycles. The van der Waals surface area contributed by atoms with Crippen LogP contribution in [0.3, 0.4) is 0 Å². The molecule has 3 aromatic rings. The molecule has 4 nitrogen and oxygen atoms in total. The van der Waals surface area contributed by atoms with Crippen molar-refractivity contribution in [2.24, 2.45) is 0 Å². The highest BCUT2D eigenvalue weighted by Gasteiger charge is 2.18. The summed E-state index contributed by atoms with van der Waals surface area (Å²) in [6.07, 6.45) is 0. The van der Waals surface area contributed by atoms with E-state index in [2.05, 4.69) is 5.32 Å². The van der Waals surface area contributed by atoms with Gasteiger partial charge in [0.2, 0.25) is 0 Å². The number of anilines is 1. The topological polar surface area (TPSA) is 59.3 Å². The first kappa shape index (κ1) is 15.0.